The summed E-state index contributed by atoms with van der Waals surface area (Å²) < 4.78 is 0.909. The Morgan fingerprint density at radius 2 is 1.83 bits per heavy atom. The number of anilines is 1. The Balaban J connectivity index is 1.80. The van der Waals surface area contributed by atoms with Gasteiger partial charge in [0.1, 0.15) is 0 Å². The Morgan fingerprint density at radius 3 is 2.48 bits per heavy atom. The van der Waals surface area contributed by atoms with Gasteiger partial charge in [0.15, 0.2) is 0 Å². The summed E-state index contributed by atoms with van der Waals surface area (Å²) in [4.78, 5) is 23.8. The molecular formula is C17H16BrClN2O2. The van der Waals surface area contributed by atoms with Crippen molar-refractivity contribution in [2.45, 2.75) is 13.3 Å². The van der Waals surface area contributed by atoms with Crippen molar-refractivity contribution < 1.29 is 9.59 Å². The average molecular weight is 396 g/mol. The van der Waals surface area contributed by atoms with Crippen LogP contribution in [0.4, 0.5) is 5.69 Å². The van der Waals surface area contributed by atoms with E-state index in [4.69, 9.17) is 11.6 Å². The molecule has 0 saturated heterocycles. The average Bonchev–Trinajstić information content (AvgIpc) is 2.50. The fourth-order valence-corrected chi connectivity index (χ4v) is 2.46. The minimum Gasteiger partial charge on any atom is -0.352 e. The minimum absolute atomic E-state index is 0.161. The highest BCUT2D eigenvalue weighted by Gasteiger charge is 2.08. The lowest BCUT2D eigenvalue weighted by Gasteiger charge is -2.09. The second-order valence-corrected chi connectivity index (χ2v) is 6.37. The summed E-state index contributed by atoms with van der Waals surface area (Å²) in [6.45, 7) is 2.14. The highest BCUT2D eigenvalue weighted by molar-refractivity contribution is 9.10. The molecule has 6 heteroatoms. The van der Waals surface area contributed by atoms with E-state index >= 15 is 0 Å². The number of rotatable bonds is 5. The third-order valence-corrected chi connectivity index (χ3v) is 3.97. The van der Waals surface area contributed by atoms with E-state index in [2.05, 4.69) is 26.6 Å². The number of benzene rings is 2. The molecule has 2 amide bonds. The first-order chi connectivity index (χ1) is 11.0. The van der Waals surface area contributed by atoms with Crippen molar-refractivity contribution >= 4 is 45.0 Å². The molecule has 0 spiro atoms. The highest BCUT2D eigenvalue weighted by atomic mass is 79.9. The van der Waals surface area contributed by atoms with Crippen LogP contribution in [0.3, 0.4) is 0 Å². The number of aryl methyl sites for hydroxylation is 1. The molecule has 0 atom stereocenters. The quantitative estimate of drug-likeness (QED) is 0.798. The number of hydrogen-bond donors (Lipinski definition) is 2. The van der Waals surface area contributed by atoms with Gasteiger partial charge in [-0.05, 0) is 55.0 Å². The summed E-state index contributed by atoms with van der Waals surface area (Å²) in [6.07, 6.45) is 0.199. The van der Waals surface area contributed by atoms with Gasteiger partial charge in [-0.25, -0.2) is 0 Å². The number of hydrogen-bond acceptors (Lipinski definition) is 2. The van der Waals surface area contributed by atoms with Crippen LogP contribution >= 0.6 is 27.5 Å². The Bertz CT molecular complexity index is 717. The van der Waals surface area contributed by atoms with Crippen molar-refractivity contribution in [3.05, 3.63) is 63.1 Å². The van der Waals surface area contributed by atoms with Crippen LogP contribution in [0.5, 0.6) is 0 Å². The number of carbonyl (C=O) groups excluding carboxylic acids is 2. The fourth-order valence-electron chi connectivity index (χ4n) is 1.97. The van der Waals surface area contributed by atoms with E-state index in [-0.39, 0.29) is 24.8 Å². The Kier molecular flexibility index (Phi) is 6.19. The zero-order valence-corrected chi connectivity index (χ0v) is 14.9. The molecule has 2 aromatic carbocycles. The van der Waals surface area contributed by atoms with Gasteiger partial charge in [-0.15, -0.1) is 0 Å². The van der Waals surface area contributed by atoms with Crippen LogP contribution in [-0.4, -0.2) is 18.4 Å². The molecule has 0 aliphatic heterocycles. The second kappa shape index (κ2) is 8.13. The van der Waals surface area contributed by atoms with Crippen LogP contribution < -0.4 is 10.6 Å². The van der Waals surface area contributed by atoms with E-state index in [0.29, 0.717) is 10.6 Å². The van der Waals surface area contributed by atoms with Crippen molar-refractivity contribution in [3.8, 4) is 0 Å². The maximum atomic E-state index is 11.9. The summed E-state index contributed by atoms with van der Waals surface area (Å²) in [5.74, 6) is -0.362. The molecule has 120 valence electrons. The monoisotopic (exact) mass is 394 g/mol. The lowest BCUT2D eigenvalue weighted by molar-refractivity contribution is -0.116. The first kappa shape index (κ1) is 17.5. The molecule has 2 N–H and O–H groups in total. The lowest BCUT2D eigenvalue weighted by atomic mass is 10.2. The van der Waals surface area contributed by atoms with E-state index in [1.165, 1.54) is 0 Å². The third-order valence-electron chi connectivity index (χ3n) is 3.21. The van der Waals surface area contributed by atoms with E-state index in [1.54, 1.807) is 42.5 Å². The number of halogens is 2. The van der Waals surface area contributed by atoms with Gasteiger partial charge in [0.2, 0.25) is 5.91 Å². The number of carbonyl (C=O) groups is 2. The topological polar surface area (TPSA) is 58.2 Å². The predicted octanol–water partition coefficient (Wildman–Crippen LogP) is 4.17. The zero-order chi connectivity index (χ0) is 16.8. The predicted molar refractivity (Wildman–Crippen MR) is 95.9 cm³/mol. The molecule has 0 saturated carbocycles. The maximum Gasteiger partial charge on any atom is 0.251 e. The van der Waals surface area contributed by atoms with E-state index in [9.17, 15) is 9.59 Å². The number of nitrogens with one attached hydrogen (secondary N) is 2. The molecule has 23 heavy (non-hydrogen) atoms. The first-order valence-corrected chi connectivity index (χ1v) is 8.22. The molecule has 0 aliphatic rings. The van der Waals surface area contributed by atoms with Gasteiger partial charge >= 0.3 is 0 Å². The molecule has 2 rings (SSSR count). The molecule has 0 bridgehead atoms. The summed E-state index contributed by atoms with van der Waals surface area (Å²) >= 11 is 9.19. The standard InChI is InChI=1S/C17H16BrClN2O2/c1-11-10-14(19)6-7-15(11)21-16(22)8-9-20-17(23)12-2-4-13(18)5-3-12/h2-7,10H,8-9H2,1H3,(H,20,23)(H,21,22). The van der Waals surface area contributed by atoms with Gasteiger partial charge in [-0.2, -0.15) is 0 Å². The Labute approximate surface area is 148 Å². The van der Waals surface area contributed by atoms with Crippen molar-refractivity contribution in [3.63, 3.8) is 0 Å². The summed E-state index contributed by atoms with van der Waals surface area (Å²) in [5.41, 5.74) is 2.17. The van der Waals surface area contributed by atoms with Crippen molar-refractivity contribution in [1.29, 1.82) is 0 Å². The van der Waals surface area contributed by atoms with E-state index in [0.717, 1.165) is 15.7 Å². The van der Waals surface area contributed by atoms with Gasteiger partial charge in [0.25, 0.3) is 5.91 Å². The largest absolute Gasteiger partial charge is 0.352 e. The van der Waals surface area contributed by atoms with Gasteiger partial charge in [0, 0.05) is 33.7 Å². The summed E-state index contributed by atoms with van der Waals surface area (Å²) in [6, 6.07) is 12.3. The second-order valence-electron chi connectivity index (χ2n) is 5.02. The van der Waals surface area contributed by atoms with Crippen LogP contribution in [0.15, 0.2) is 46.9 Å². The van der Waals surface area contributed by atoms with Crippen LogP contribution in [-0.2, 0) is 4.79 Å². The normalized spacial score (nSPS) is 10.2. The molecular weight excluding hydrogens is 380 g/mol. The fraction of sp³-hybridized carbons (Fsp3) is 0.176. The molecule has 0 heterocycles. The van der Waals surface area contributed by atoms with Crippen molar-refractivity contribution in [2.24, 2.45) is 0 Å². The van der Waals surface area contributed by atoms with Crippen LogP contribution in [0.1, 0.15) is 22.3 Å². The Hall–Kier alpha value is -1.85. The first-order valence-electron chi connectivity index (χ1n) is 7.05. The maximum absolute atomic E-state index is 11.9. The molecule has 0 aliphatic carbocycles. The van der Waals surface area contributed by atoms with Crippen LogP contribution in [0.2, 0.25) is 5.02 Å². The zero-order valence-electron chi connectivity index (χ0n) is 12.5. The molecule has 0 fully saturated rings. The van der Waals surface area contributed by atoms with Crippen molar-refractivity contribution in [1.82, 2.24) is 5.32 Å². The van der Waals surface area contributed by atoms with Crippen LogP contribution in [0, 0.1) is 6.92 Å². The smallest absolute Gasteiger partial charge is 0.251 e. The van der Waals surface area contributed by atoms with E-state index < -0.39 is 0 Å². The molecule has 0 aromatic heterocycles. The van der Waals surface area contributed by atoms with Gasteiger partial charge < -0.3 is 10.6 Å². The van der Waals surface area contributed by atoms with Gasteiger partial charge in [0.05, 0.1) is 0 Å². The molecule has 2 aromatic rings. The lowest BCUT2D eigenvalue weighted by Crippen LogP contribution is -2.27. The van der Waals surface area contributed by atoms with Crippen molar-refractivity contribution in [2.75, 3.05) is 11.9 Å². The summed E-state index contributed by atoms with van der Waals surface area (Å²) in [7, 11) is 0. The van der Waals surface area contributed by atoms with Gasteiger partial charge in [-0.1, -0.05) is 27.5 Å². The molecule has 4 nitrogen and oxygen atoms in total. The van der Waals surface area contributed by atoms with Crippen LogP contribution in [0.25, 0.3) is 0 Å². The third kappa shape index (κ3) is 5.37. The molecule has 0 unspecified atom stereocenters. The van der Waals surface area contributed by atoms with Gasteiger partial charge in [-0.3, -0.25) is 9.59 Å². The Morgan fingerprint density at radius 1 is 1.13 bits per heavy atom. The minimum atomic E-state index is -0.201. The SMILES string of the molecule is Cc1cc(Cl)ccc1NC(=O)CCNC(=O)c1ccc(Br)cc1. The number of amides is 2. The molecule has 0 radical (unpaired) electrons. The highest BCUT2D eigenvalue weighted by Crippen LogP contribution is 2.19. The summed E-state index contributed by atoms with van der Waals surface area (Å²) in [5, 5.41) is 6.15. The van der Waals surface area contributed by atoms with E-state index in [1.807, 2.05) is 6.92 Å².